The molecule has 0 spiro atoms. The van der Waals surface area contributed by atoms with Crippen LogP contribution in [0.1, 0.15) is 19.8 Å². The third kappa shape index (κ3) is 12.8. The second kappa shape index (κ2) is 12.9. The van der Waals surface area contributed by atoms with Gasteiger partial charge in [0.1, 0.15) is 0 Å². The molecule has 0 saturated heterocycles. The molecule has 0 aromatic rings. The zero-order chi connectivity index (χ0) is 10.8. The van der Waals surface area contributed by atoms with Gasteiger partial charge < -0.3 is 9.84 Å². The molecule has 0 fully saturated rings. The number of carbonyl (C=O) groups is 1. The number of allylic oxidation sites excluding steroid dienone is 3. The molecule has 82 valence electrons. The summed E-state index contributed by atoms with van der Waals surface area (Å²) in [6.45, 7) is 1.84. The van der Waals surface area contributed by atoms with Crippen molar-refractivity contribution in [1.82, 2.24) is 0 Å². The van der Waals surface area contributed by atoms with E-state index < -0.39 is 12.3 Å². The zero-order valence-electron chi connectivity index (χ0n) is 8.15. The van der Waals surface area contributed by atoms with Gasteiger partial charge in [-0.15, -0.1) is 11.6 Å². The van der Waals surface area contributed by atoms with Crippen LogP contribution in [-0.4, -0.2) is 74.6 Å². The minimum atomic E-state index is -1.06. The number of rotatable bonds is 6. The Hall–Kier alpha value is 0.836. The molecular weight excluding hydrogens is 243 g/mol. The molecule has 1 unspecified atom stereocenters. The van der Waals surface area contributed by atoms with E-state index in [1.807, 2.05) is 6.92 Å². The Bertz CT molecular complexity index is 217. The molecule has 0 saturated carbocycles. The topological polar surface area (TPSA) is 46.5 Å². The molecule has 0 rings (SSSR count). The van der Waals surface area contributed by atoms with E-state index >= 15 is 0 Å². The molecule has 0 bridgehead atoms. The predicted molar refractivity (Wildman–Crippen MR) is 63.2 cm³/mol. The zero-order valence-corrected chi connectivity index (χ0v) is 8.91. The Morgan fingerprint density at radius 3 is 2.73 bits per heavy atom. The maximum atomic E-state index is 11.0. The van der Waals surface area contributed by atoms with Gasteiger partial charge in [0, 0.05) is 18.4 Å². The van der Waals surface area contributed by atoms with Gasteiger partial charge in [0.05, 0.1) is 0 Å². The molecule has 15 heavy (non-hydrogen) atoms. The number of hydrogen-bond acceptors (Lipinski definition) is 3. The molecule has 0 aromatic heterocycles. The van der Waals surface area contributed by atoms with E-state index in [-0.39, 0.29) is 51.4 Å². The van der Waals surface area contributed by atoms with Crippen molar-refractivity contribution in [2.75, 3.05) is 5.88 Å². The van der Waals surface area contributed by atoms with E-state index in [2.05, 4.69) is 4.74 Å². The number of aliphatic hydroxyl groups excluding tert-OH is 1. The first-order valence-corrected chi connectivity index (χ1v) is 4.98. The molecular formula is C10H16ClKO3. The maximum absolute atomic E-state index is 11.0. The Morgan fingerprint density at radius 2 is 2.20 bits per heavy atom. The summed E-state index contributed by atoms with van der Waals surface area (Å²) in [7, 11) is 0. The van der Waals surface area contributed by atoms with Crippen LogP contribution in [0.5, 0.6) is 0 Å². The van der Waals surface area contributed by atoms with Gasteiger partial charge in [-0.1, -0.05) is 18.2 Å². The van der Waals surface area contributed by atoms with E-state index in [0.29, 0.717) is 18.7 Å². The van der Waals surface area contributed by atoms with Gasteiger partial charge in [0.2, 0.25) is 6.29 Å². The quantitative estimate of drug-likeness (QED) is 0.195. The fourth-order valence-corrected chi connectivity index (χ4v) is 0.884. The number of carbonyl (C=O) groups excluding carboxylic acids is 1. The number of ether oxygens (including phenoxy) is 1. The van der Waals surface area contributed by atoms with Gasteiger partial charge in [-0.05, 0) is 13.3 Å². The molecule has 0 heterocycles. The van der Waals surface area contributed by atoms with Crippen LogP contribution in [0, 0.1) is 0 Å². The van der Waals surface area contributed by atoms with E-state index in [9.17, 15) is 4.79 Å². The first-order valence-electron chi connectivity index (χ1n) is 4.44. The third-order valence-electron chi connectivity index (χ3n) is 1.37. The summed E-state index contributed by atoms with van der Waals surface area (Å²) in [4.78, 5) is 11.0. The van der Waals surface area contributed by atoms with Crippen LogP contribution in [-0.2, 0) is 9.53 Å². The Balaban J connectivity index is 0. The normalized spacial score (nSPS) is 12.7. The molecule has 3 nitrogen and oxygen atoms in total. The Morgan fingerprint density at radius 1 is 1.53 bits per heavy atom. The van der Waals surface area contributed by atoms with Crippen molar-refractivity contribution in [3.8, 4) is 0 Å². The molecule has 0 aliphatic heterocycles. The Kier molecular flexibility index (Phi) is 15.7. The molecule has 1 atom stereocenters. The van der Waals surface area contributed by atoms with Crippen molar-refractivity contribution in [1.29, 1.82) is 0 Å². The van der Waals surface area contributed by atoms with E-state index in [0.717, 1.165) is 0 Å². The number of alkyl halides is 1. The van der Waals surface area contributed by atoms with Crippen LogP contribution in [0.3, 0.4) is 0 Å². The number of halogens is 1. The van der Waals surface area contributed by atoms with Crippen molar-refractivity contribution in [3.05, 3.63) is 24.3 Å². The standard InChI is InChI=1S/C10H15ClO3.K.H/c1-2-3-4-6-9(12)14-10(13)7-5-8-11;;/h2-4,6,10,13H,5,7-8H2,1H3;;/b3-2+,6-4+;;. The summed E-state index contributed by atoms with van der Waals surface area (Å²) in [5.41, 5.74) is 0. The van der Waals surface area contributed by atoms with E-state index in [1.165, 1.54) is 6.08 Å². The average molecular weight is 259 g/mol. The molecule has 0 radical (unpaired) electrons. The average Bonchev–Trinajstić information content (AvgIpc) is 2.15. The molecule has 0 aromatic carbocycles. The van der Waals surface area contributed by atoms with Crippen molar-refractivity contribution >= 4 is 69.0 Å². The van der Waals surface area contributed by atoms with Crippen molar-refractivity contribution in [3.63, 3.8) is 0 Å². The summed E-state index contributed by atoms with van der Waals surface area (Å²) in [6.07, 6.45) is 6.22. The van der Waals surface area contributed by atoms with Crippen LogP contribution >= 0.6 is 11.6 Å². The number of aliphatic hydroxyl groups is 1. The van der Waals surface area contributed by atoms with E-state index in [1.54, 1.807) is 18.2 Å². The summed E-state index contributed by atoms with van der Waals surface area (Å²) >= 11 is 5.41. The summed E-state index contributed by atoms with van der Waals surface area (Å²) in [5.74, 6) is -0.103. The van der Waals surface area contributed by atoms with Crippen LogP contribution in [0.15, 0.2) is 24.3 Å². The number of hydrogen-bond donors (Lipinski definition) is 1. The van der Waals surface area contributed by atoms with Gasteiger partial charge in [-0.3, -0.25) is 0 Å². The van der Waals surface area contributed by atoms with Gasteiger partial charge in [0.15, 0.2) is 0 Å². The molecule has 1 N–H and O–H groups in total. The van der Waals surface area contributed by atoms with Gasteiger partial charge >= 0.3 is 57.4 Å². The fraction of sp³-hybridized carbons (Fsp3) is 0.500. The minimum absolute atomic E-state index is 0. The fourth-order valence-electron chi connectivity index (χ4n) is 0.729. The van der Waals surface area contributed by atoms with Gasteiger partial charge in [-0.25, -0.2) is 4.79 Å². The summed E-state index contributed by atoms with van der Waals surface area (Å²) < 4.78 is 4.64. The SMILES string of the molecule is C/C=C/C=C/C(=O)OC(O)CCCCl.[KH]. The van der Waals surface area contributed by atoms with Crippen molar-refractivity contribution in [2.24, 2.45) is 0 Å². The van der Waals surface area contributed by atoms with Gasteiger partial charge in [0.25, 0.3) is 0 Å². The van der Waals surface area contributed by atoms with E-state index in [4.69, 9.17) is 16.7 Å². The predicted octanol–water partition coefficient (Wildman–Crippen LogP) is 1.35. The Labute approximate surface area is 138 Å². The second-order valence-electron chi connectivity index (χ2n) is 2.61. The molecule has 5 heteroatoms. The van der Waals surface area contributed by atoms with Crippen molar-refractivity contribution < 1.29 is 14.6 Å². The monoisotopic (exact) mass is 258 g/mol. The molecule has 0 aliphatic rings. The first-order chi connectivity index (χ1) is 6.70. The van der Waals surface area contributed by atoms with Crippen LogP contribution < -0.4 is 0 Å². The second-order valence-corrected chi connectivity index (χ2v) is 2.99. The summed E-state index contributed by atoms with van der Waals surface area (Å²) in [5, 5.41) is 9.15. The van der Waals surface area contributed by atoms with Crippen LogP contribution in [0.4, 0.5) is 0 Å². The van der Waals surface area contributed by atoms with Gasteiger partial charge in [-0.2, -0.15) is 0 Å². The van der Waals surface area contributed by atoms with Crippen molar-refractivity contribution in [2.45, 2.75) is 26.1 Å². The summed E-state index contributed by atoms with van der Waals surface area (Å²) in [6, 6.07) is 0. The molecule has 0 aliphatic carbocycles. The third-order valence-corrected chi connectivity index (χ3v) is 1.64. The molecule has 0 amide bonds. The van der Waals surface area contributed by atoms with Crippen LogP contribution in [0.2, 0.25) is 0 Å². The van der Waals surface area contributed by atoms with Crippen LogP contribution in [0.25, 0.3) is 0 Å². The first kappa shape index (κ1) is 18.2. The number of esters is 1.